The second-order valence-corrected chi connectivity index (χ2v) is 2.31. The van der Waals surface area contributed by atoms with E-state index in [1.807, 2.05) is 0 Å². The first-order valence-corrected chi connectivity index (χ1v) is 3.59. The molecule has 0 unspecified atom stereocenters. The third-order valence-electron chi connectivity index (χ3n) is 0.437. The van der Waals surface area contributed by atoms with Crippen LogP contribution >= 0.6 is 27.5 Å². The van der Waals surface area contributed by atoms with Gasteiger partial charge in [0.2, 0.25) is 5.24 Å². The molecule has 0 aliphatic carbocycles. The summed E-state index contributed by atoms with van der Waals surface area (Å²) in [5.41, 5.74) is 0. The summed E-state index contributed by atoms with van der Waals surface area (Å²) in [4.78, 5) is 9.94. The van der Waals surface area contributed by atoms with E-state index in [4.69, 9.17) is 16.3 Å². The van der Waals surface area contributed by atoms with E-state index < -0.39 is 5.24 Å². The first kappa shape index (κ1) is 8.40. The summed E-state index contributed by atoms with van der Waals surface area (Å²) in [7, 11) is 0. The molecule has 0 radical (unpaired) electrons. The molecular weight excluding hydrogens is 195 g/mol. The van der Waals surface area contributed by atoms with Gasteiger partial charge in [0, 0.05) is 5.33 Å². The number of rotatable bonds is 4. The van der Waals surface area contributed by atoms with E-state index in [1.54, 1.807) is 0 Å². The Hall–Kier alpha value is 0.400. The minimum atomic E-state index is -0.453. The molecule has 0 bridgehead atoms. The Morgan fingerprint density at radius 2 is 2.38 bits per heavy atom. The van der Waals surface area contributed by atoms with Gasteiger partial charge in [-0.2, -0.15) is 0 Å². The van der Waals surface area contributed by atoms with Crippen LogP contribution < -0.4 is 0 Å². The highest BCUT2D eigenvalue weighted by Gasteiger charge is 1.92. The van der Waals surface area contributed by atoms with Crippen molar-refractivity contribution in [2.45, 2.75) is 0 Å². The summed E-state index contributed by atoms with van der Waals surface area (Å²) in [5.74, 6) is 0. The van der Waals surface area contributed by atoms with Crippen LogP contribution in [0.4, 0.5) is 0 Å². The van der Waals surface area contributed by atoms with Crippen LogP contribution in [-0.4, -0.2) is 23.8 Å². The summed E-state index contributed by atoms with van der Waals surface area (Å²) < 4.78 is 4.72. The summed E-state index contributed by atoms with van der Waals surface area (Å²) in [6.07, 6.45) is 0. The standard InChI is InChI=1S/C4H6BrClO2/c5-1-2-8-3-4(6)7/h1-3H2. The van der Waals surface area contributed by atoms with Gasteiger partial charge in [0.05, 0.1) is 6.61 Å². The third kappa shape index (κ3) is 6.40. The molecular formula is C4H6BrClO2. The minimum absolute atomic E-state index is 0.00710. The minimum Gasteiger partial charge on any atom is -0.371 e. The molecule has 4 heteroatoms. The maximum absolute atomic E-state index is 9.94. The zero-order valence-electron chi connectivity index (χ0n) is 4.19. The van der Waals surface area contributed by atoms with Crippen LogP contribution in [0.25, 0.3) is 0 Å². The van der Waals surface area contributed by atoms with Crippen LogP contribution in [0.15, 0.2) is 0 Å². The van der Waals surface area contributed by atoms with E-state index in [-0.39, 0.29) is 6.61 Å². The Morgan fingerprint density at radius 3 is 2.75 bits per heavy atom. The molecule has 0 aromatic rings. The number of carbonyl (C=O) groups excluding carboxylic acids is 1. The van der Waals surface area contributed by atoms with Gasteiger partial charge in [0.1, 0.15) is 6.61 Å². The second-order valence-electron chi connectivity index (χ2n) is 1.10. The van der Waals surface area contributed by atoms with Gasteiger partial charge in [-0.1, -0.05) is 15.9 Å². The predicted molar refractivity (Wildman–Crippen MR) is 35.5 cm³/mol. The average Bonchev–Trinajstić information content (AvgIpc) is 1.66. The van der Waals surface area contributed by atoms with Gasteiger partial charge >= 0.3 is 0 Å². The van der Waals surface area contributed by atoms with Crippen LogP contribution in [0, 0.1) is 0 Å². The van der Waals surface area contributed by atoms with Crippen LogP contribution in [-0.2, 0) is 9.53 Å². The van der Waals surface area contributed by atoms with E-state index in [9.17, 15) is 4.79 Å². The second kappa shape index (κ2) is 5.54. The lowest BCUT2D eigenvalue weighted by molar-refractivity contribution is -0.115. The van der Waals surface area contributed by atoms with Crippen LogP contribution in [0.1, 0.15) is 0 Å². The van der Waals surface area contributed by atoms with Gasteiger partial charge in [-0.15, -0.1) is 0 Å². The molecule has 0 spiro atoms. The summed E-state index contributed by atoms with van der Waals surface area (Å²) in [6.45, 7) is 0.533. The highest BCUT2D eigenvalue weighted by molar-refractivity contribution is 9.09. The molecule has 0 heterocycles. The number of halogens is 2. The van der Waals surface area contributed by atoms with Crippen molar-refractivity contribution in [2.24, 2.45) is 0 Å². The zero-order chi connectivity index (χ0) is 6.41. The van der Waals surface area contributed by atoms with Crippen LogP contribution in [0.5, 0.6) is 0 Å². The molecule has 0 fully saturated rings. The van der Waals surface area contributed by atoms with Gasteiger partial charge in [-0.25, -0.2) is 0 Å². The first-order chi connectivity index (χ1) is 3.77. The number of alkyl halides is 1. The monoisotopic (exact) mass is 200 g/mol. The van der Waals surface area contributed by atoms with Gasteiger partial charge < -0.3 is 4.74 Å². The van der Waals surface area contributed by atoms with Crippen molar-refractivity contribution in [3.05, 3.63) is 0 Å². The average molecular weight is 201 g/mol. The summed E-state index contributed by atoms with van der Waals surface area (Å²) in [6, 6.07) is 0. The highest BCUT2D eigenvalue weighted by Crippen LogP contribution is 1.84. The Kier molecular flexibility index (Phi) is 5.81. The summed E-state index contributed by atoms with van der Waals surface area (Å²) >= 11 is 8.05. The lowest BCUT2D eigenvalue weighted by atomic mass is 10.8. The largest absolute Gasteiger partial charge is 0.371 e. The number of ether oxygens (including phenoxy) is 1. The Morgan fingerprint density at radius 1 is 1.75 bits per heavy atom. The fourth-order valence-corrected chi connectivity index (χ4v) is 0.513. The normalized spacial score (nSPS) is 9.25. The fourth-order valence-electron chi connectivity index (χ4n) is 0.207. The molecule has 0 rings (SSSR count). The maximum atomic E-state index is 9.94. The maximum Gasteiger partial charge on any atom is 0.247 e. The third-order valence-corrected chi connectivity index (χ3v) is 0.870. The number of hydrogen-bond donors (Lipinski definition) is 0. The number of hydrogen-bond acceptors (Lipinski definition) is 2. The Balaban J connectivity index is 2.82. The van der Waals surface area contributed by atoms with Gasteiger partial charge in [-0.3, -0.25) is 4.79 Å². The SMILES string of the molecule is O=C(Cl)COCCBr. The molecule has 0 saturated heterocycles. The molecule has 8 heavy (non-hydrogen) atoms. The van der Waals surface area contributed by atoms with E-state index in [1.165, 1.54) is 0 Å². The predicted octanol–water partition coefficient (Wildman–Crippen LogP) is 1.16. The van der Waals surface area contributed by atoms with Crippen molar-refractivity contribution in [2.75, 3.05) is 18.5 Å². The molecule has 0 aromatic carbocycles. The van der Waals surface area contributed by atoms with Crippen molar-refractivity contribution < 1.29 is 9.53 Å². The molecule has 2 nitrogen and oxygen atoms in total. The lowest BCUT2D eigenvalue weighted by Crippen LogP contribution is -2.02. The Labute approximate surface area is 61.3 Å². The van der Waals surface area contributed by atoms with E-state index >= 15 is 0 Å². The topological polar surface area (TPSA) is 26.3 Å². The van der Waals surface area contributed by atoms with Crippen molar-refractivity contribution in [1.29, 1.82) is 0 Å². The van der Waals surface area contributed by atoms with Crippen LogP contribution in [0.3, 0.4) is 0 Å². The molecule has 0 saturated carbocycles. The highest BCUT2D eigenvalue weighted by atomic mass is 79.9. The number of carbonyl (C=O) groups is 1. The van der Waals surface area contributed by atoms with Gasteiger partial charge in [0.15, 0.2) is 0 Å². The molecule has 0 aromatic heterocycles. The quantitative estimate of drug-likeness (QED) is 0.388. The smallest absolute Gasteiger partial charge is 0.247 e. The Bertz CT molecular complexity index is 76.4. The summed E-state index contributed by atoms with van der Waals surface area (Å²) in [5, 5.41) is 0.280. The zero-order valence-corrected chi connectivity index (χ0v) is 6.54. The van der Waals surface area contributed by atoms with E-state index in [0.29, 0.717) is 6.61 Å². The van der Waals surface area contributed by atoms with E-state index in [2.05, 4.69) is 15.9 Å². The molecule has 48 valence electrons. The molecule has 0 aliphatic rings. The van der Waals surface area contributed by atoms with Crippen molar-refractivity contribution in [3.63, 3.8) is 0 Å². The lowest BCUT2D eigenvalue weighted by Gasteiger charge is -1.93. The van der Waals surface area contributed by atoms with Crippen molar-refractivity contribution in [3.8, 4) is 0 Å². The van der Waals surface area contributed by atoms with Crippen LogP contribution in [0.2, 0.25) is 0 Å². The first-order valence-electron chi connectivity index (χ1n) is 2.09. The molecule has 0 atom stereocenters. The molecule has 0 amide bonds. The van der Waals surface area contributed by atoms with E-state index in [0.717, 1.165) is 5.33 Å². The van der Waals surface area contributed by atoms with Gasteiger partial charge in [0.25, 0.3) is 0 Å². The van der Waals surface area contributed by atoms with Crippen molar-refractivity contribution >= 4 is 32.8 Å². The van der Waals surface area contributed by atoms with Gasteiger partial charge in [-0.05, 0) is 11.6 Å². The molecule has 0 N–H and O–H groups in total. The molecule has 0 aliphatic heterocycles. The fraction of sp³-hybridized carbons (Fsp3) is 0.750. The van der Waals surface area contributed by atoms with Crippen molar-refractivity contribution in [1.82, 2.24) is 0 Å².